The van der Waals surface area contributed by atoms with Crippen molar-refractivity contribution in [3.8, 4) is 0 Å². The molecule has 2 aromatic carbocycles. The molecule has 1 N–H and O–H groups in total. The fourth-order valence-corrected chi connectivity index (χ4v) is 3.32. The third-order valence-electron chi connectivity index (χ3n) is 4.68. The van der Waals surface area contributed by atoms with Crippen LogP contribution in [0.15, 0.2) is 60.7 Å². The number of nitrogens with one attached hydrogen (secondary N) is 1. The zero-order chi connectivity index (χ0) is 16.1. The van der Waals surface area contributed by atoms with Crippen LogP contribution in [0.2, 0.25) is 0 Å². The average molecular weight is 308 g/mol. The van der Waals surface area contributed by atoms with Gasteiger partial charge in [-0.05, 0) is 30.5 Å². The first kappa shape index (κ1) is 15.8. The molecule has 1 unspecified atom stereocenters. The number of likely N-dealkylation sites (N-methyl/N-ethyl adjacent to an activating group) is 1. The number of carbonyl (C=O) groups is 1. The fourth-order valence-electron chi connectivity index (χ4n) is 3.32. The van der Waals surface area contributed by atoms with Gasteiger partial charge in [-0.15, -0.1) is 0 Å². The van der Waals surface area contributed by atoms with Gasteiger partial charge in [0.1, 0.15) is 0 Å². The normalized spacial score (nSPS) is 17.9. The first-order valence-electron chi connectivity index (χ1n) is 8.34. The SMILES string of the molecule is CN(C(=O)C(c1ccccc1)c1ccccc1)C1CCCNC1. The number of hydrogen-bond acceptors (Lipinski definition) is 2. The number of rotatable bonds is 4. The van der Waals surface area contributed by atoms with Crippen molar-refractivity contribution in [2.75, 3.05) is 20.1 Å². The van der Waals surface area contributed by atoms with Crippen LogP contribution in [0.4, 0.5) is 0 Å². The summed E-state index contributed by atoms with van der Waals surface area (Å²) >= 11 is 0. The molecular weight excluding hydrogens is 284 g/mol. The second kappa shape index (κ2) is 7.42. The minimum absolute atomic E-state index is 0.177. The first-order valence-corrected chi connectivity index (χ1v) is 8.34. The van der Waals surface area contributed by atoms with E-state index in [4.69, 9.17) is 0 Å². The molecule has 1 amide bonds. The Morgan fingerprint density at radius 3 is 2.09 bits per heavy atom. The summed E-state index contributed by atoms with van der Waals surface area (Å²) in [6.45, 7) is 1.94. The molecule has 1 saturated heterocycles. The van der Waals surface area contributed by atoms with Crippen molar-refractivity contribution in [3.63, 3.8) is 0 Å². The summed E-state index contributed by atoms with van der Waals surface area (Å²) in [6.07, 6.45) is 2.20. The number of amides is 1. The molecule has 1 heterocycles. The number of piperidine rings is 1. The molecule has 0 bridgehead atoms. The lowest BCUT2D eigenvalue weighted by Gasteiger charge is -2.34. The van der Waals surface area contributed by atoms with Gasteiger partial charge >= 0.3 is 0 Å². The van der Waals surface area contributed by atoms with Crippen molar-refractivity contribution >= 4 is 5.91 Å². The van der Waals surface area contributed by atoms with Gasteiger partial charge in [-0.25, -0.2) is 0 Å². The maximum atomic E-state index is 13.2. The van der Waals surface area contributed by atoms with Crippen molar-refractivity contribution in [2.24, 2.45) is 0 Å². The van der Waals surface area contributed by atoms with Gasteiger partial charge in [-0.1, -0.05) is 60.7 Å². The van der Waals surface area contributed by atoms with Gasteiger partial charge in [0, 0.05) is 19.6 Å². The highest BCUT2D eigenvalue weighted by Crippen LogP contribution is 2.27. The molecule has 23 heavy (non-hydrogen) atoms. The predicted molar refractivity (Wildman–Crippen MR) is 93.4 cm³/mol. The molecule has 0 aromatic heterocycles. The average Bonchev–Trinajstić information content (AvgIpc) is 2.64. The predicted octanol–water partition coefficient (Wildman–Crippen LogP) is 3.03. The van der Waals surface area contributed by atoms with Gasteiger partial charge in [0.15, 0.2) is 0 Å². The van der Waals surface area contributed by atoms with Crippen molar-refractivity contribution < 1.29 is 4.79 Å². The molecule has 0 saturated carbocycles. The van der Waals surface area contributed by atoms with Crippen molar-refractivity contribution in [2.45, 2.75) is 24.8 Å². The van der Waals surface area contributed by atoms with E-state index in [9.17, 15) is 4.79 Å². The number of benzene rings is 2. The maximum Gasteiger partial charge on any atom is 0.234 e. The van der Waals surface area contributed by atoms with E-state index in [-0.39, 0.29) is 17.9 Å². The monoisotopic (exact) mass is 308 g/mol. The molecule has 2 aromatic rings. The van der Waals surface area contributed by atoms with E-state index in [2.05, 4.69) is 5.32 Å². The lowest BCUT2D eigenvalue weighted by Crippen LogP contribution is -2.48. The summed E-state index contributed by atoms with van der Waals surface area (Å²) in [4.78, 5) is 15.2. The quantitative estimate of drug-likeness (QED) is 0.941. The van der Waals surface area contributed by atoms with E-state index in [1.54, 1.807) is 0 Å². The Morgan fingerprint density at radius 1 is 1.04 bits per heavy atom. The topological polar surface area (TPSA) is 32.3 Å². The van der Waals surface area contributed by atoms with Crippen LogP contribution in [0.25, 0.3) is 0 Å². The van der Waals surface area contributed by atoms with E-state index in [0.29, 0.717) is 0 Å². The molecule has 3 rings (SSSR count). The molecule has 1 aliphatic rings. The second-order valence-electron chi connectivity index (χ2n) is 6.20. The number of carbonyl (C=O) groups excluding carboxylic acids is 1. The van der Waals surface area contributed by atoms with Crippen molar-refractivity contribution in [1.82, 2.24) is 10.2 Å². The van der Waals surface area contributed by atoms with Crippen LogP contribution >= 0.6 is 0 Å². The number of hydrogen-bond donors (Lipinski definition) is 1. The summed E-state index contributed by atoms with van der Waals surface area (Å²) in [5.74, 6) is -0.0552. The molecule has 0 spiro atoms. The van der Waals surface area contributed by atoms with Gasteiger partial charge in [-0.2, -0.15) is 0 Å². The van der Waals surface area contributed by atoms with Gasteiger partial charge in [0.25, 0.3) is 0 Å². The lowest BCUT2D eigenvalue weighted by molar-refractivity contribution is -0.133. The highest BCUT2D eigenvalue weighted by Gasteiger charge is 2.29. The molecule has 120 valence electrons. The summed E-state index contributed by atoms with van der Waals surface area (Å²) in [7, 11) is 1.94. The zero-order valence-electron chi connectivity index (χ0n) is 13.6. The fraction of sp³-hybridized carbons (Fsp3) is 0.350. The van der Waals surface area contributed by atoms with Crippen molar-refractivity contribution in [1.29, 1.82) is 0 Å². The Morgan fingerprint density at radius 2 is 1.61 bits per heavy atom. The molecule has 1 aliphatic heterocycles. The van der Waals surface area contributed by atoms with Crippen LogP contribution in [0.5, 0.6) is 0 Å². The van der Waals surface area contributed by atoms with Crippen LogP contribution in [0, 0.1) is 0 Å². The Balaban J connectivity index is 1.90. The van der Waals surface area contributed by atoms with Crippen LogP contribution in [0.1, 0.15) is 29.9 Å². The van der Waals surface area contributed by atoms with E-state index in [1.165, 1.54) is 0 Å². The molecule has 1 fully saturated rings. The molecule has 3 nitrogen and oxygen atoms in total. The van der Waals surface area contributed by atoms with Crippen LogP contribution in [0.3, 0.4) is 0 Å². The highest BCUT2D eigenvalue weighted by molar-refractivity contribution is 5.87. The molecule has 3 heteroatoms. The minimum Gasteiger partial charge on any atom is -0.341 e. The van der Waals surface area contributed by atoms with E-state index >= 15 is 0 Å². The van der Waals surface area contributed by atoms with E-state index in [1.807, 2.05) is 72.6 Å². The Hall–Kier alpha value is -2.13. The largest absolute Gasteiger partial charge is 0.341 e. The maximum absolute atomic E-state index is 13.2. The summed E-state index contributed by atoms with van der Waals surface area (Å²) in [5.41, 5.74) is 2.11. The van der Waals surface area contributed by atoms with Crippen LogP contribution in [-0.4, -0.2) is 37.0 Å². The molecule has 0 aliphatic carbocycles. The third kappa shape index (κ3) is 3.62. The minimum atomic E-state index is -0.232. The van der Waals surface area contributed by atoms with E-state index in [0.717, 1.165) is 37.1 Å². The first-order chi connectivity index (χ1) is 11.3. The summed E-state index contributed by atoms with van der Waals surface area (Å²) in [6, 6.07) is 20.4. The van der Waals surface area contributed by atoms with E-state index < -0.39 is 0 Å². The van der Waals surface area contributed by atoms with Crippen LogP contribution in [-0.2, 0) is 4.79 Å². The Labute approximate surface area is 138 Å². The van der Waals surface area contributed by atoms with Gasteiger partial charge in [0.2, 0.25) is 5.91 Å². The van der Waals surface area contributed by atoms with Gasteiger partial charge in [-0.3, -0.25) is 4.79 Å². The summed E-state index contributed by atoms with van der Waals surface area (Å²) < 4.78 is 0. The van der Waals surface area contributed by atoms with Crippen LogP contribution < -0.4 is 5.32 Å². The smallest absolute Gasteiger partial charge is 0.234 e. The molecule has 1 atom stereocenters. The van der Waals surface area contributed by atoms with Gasteiger partial charge in [0.05, 0.1) is 5.92 Å². The van der Waals surface area contributed by atoms with Crippen molar-refractivity contribution in [3.05, 3.63) is 71.8 Å². The standard InChI is InChI=1S/C20H24N2O/c1-22(18-13-8-14-21-15-18)20(23)19(16-9-4-2-5-10-16)17-11-6-3-7-12-17/h2-7,9-12,18-19,21H,8,13-15H2,1H3. The lowest BCUT2D eigenvalue weighted by atomic mass is 9.89. The second-order valence-corrected chi connectivity index (χ2v) is 6.20. The van der Waals surface area contributed by atoms with Gasteiger partial charge < -0.3 is 10.2 Å². The number of nitrogens with zero attached hydrogens (tertiary/aromatic N) is 1. The highest BCUT2D eigenvalue weighted by atomic mass is 16.2. The molecule has 0 radical (unpaired) electrons. The Kier molecular flexibility index (Phi) is 5.09. The molecular formula is C20H24N2O. The summed E-state index contributed by atoms with van der Waals surface area (Å²) in [5, 5.41) is 3.40. The third-order valence-corrected chi connectivity index (χ3v) is 4.68. The zero-order valence-corrected chi connectivity index (χ0v) is 13.6. The Bertz CT molecular complexity index is 581.